The minimum atomic E-state index is -0.938. The van der Waals surface area contributed by atoms with E-state index in [1.807, 2.05) is 12.1 Å². The van der Waals surface area contributed by atoms with Crippen molar-refractivity contribution in [3.63, 3.8) is 0 Å². The number of hydrogen-bond donors (Lipinski definition) is 2. The number of anilines is 1. The van der Waals surface area contributed by atoms with Crippen LogP contribution in [0.3, 0.4) is 0 Å². The van der Waals surface area contributed by atoms with E-state index in [-0.39, 0.29) is 12.4 Å². The number of benzene rings is 1. The van der Waals surface area contributed by atoms with Crippen molar-refractivity contribution in [2.24, 2.45) is 5.73 Å². The Balaban J connectivity index is 1.81. The molecule has 0 saturated heterocycles. The molecule has 3 aromatic rings. The van der Waals surface area contributed by atoms with Crippen LogP contribution < -0.4 is 11.5 Å². The fraction of sp³-hybridized carbons (Fsp3) is 0.250. The Kier molecular flexibility index (Phi) is 4.47. The van der Waals surface area contributed by atoms with Crippen molar-refractivity contribution in [2.75, 3.05) is 5.73 Å². The molecule has 1 atom stereocenters. The first kappa shape index (κ1) is 17.5. The van der Waals surface area contributed by atoms with Gasteiger partial charge in [-0.2, -0.15) is 0 Å². The molecule has 4 N–H and O–H groups in total. The van der Waals surface area contributed by atoms with E-state index in [9.17, 15) is 9.18 Å². The number of fused-ring (bicyclic) bond motifs is 2. The van der Waals surface area contributed by atoms with Gasteiger partial charge < -0.3 is 11.5 Å². The first-order chi connectivity index (χ1) is 12.4. The largest absolute Gasteiger partial charge is 0.382 e. The molecule has 1 aliphatic rings. The Morgan fingerprint density at radius 2 is 2.23 bits per heavy atom. The Labute approximate surface area is 165 Å². The topological polar surface area (TPSA) is 113 Å². The van der Waals surface area contributed by atoms with Crippen LogP contribution in [0.1, 0.15) is 23.7 Å². The lowest BCUT2D eigenvalue weighted by molar-refractivity contribution is -0.118. The average molecular weight is 484 g/mol. The van der Waals surface area contributed by atoms with E-state index in [2.05, 4.69) is 37.5 Å². The van der Waals surface area contributed by atoms with Gasteiger partial charge in [0, 0.05) is 8.47 Å². The first-order valence-electron chi connectivity index (χ1n) is 7.83. The van der Waals surface area contributed by atoms with Gasteiger partial charge in [0.25, 0.3) is 0 Å². The van der Waals surface area contributed by atoms with Crippen molar-refractivity contribution in [1.29, 1.82) is 0 Å². The quantitative estimate of drug-likeness (QED) is 0.551. The number of rotatable bonds is 4. The van der Waals surface area contributed by atoms with Gasteiger partial charge in [0.2, 0.25) is 5.91 Å². The van der Waals surface area contributed by atoms with Crippen molar-refractivity contribution in [2.45, 2.75) is 35.6 Å². The van der Waals surface area contributed by atoms with Crippen LogP contribution in [0.15, 0.2) is 28.5 Å². The van der Waals surface area contributed by atoms with Gasteiger partial charge in [0.1, 0.15) is 19.0 Å². The number of alkyl halides is 1. The lowest BCUT2D eigenvalue weighted by atomic mass is 10.1. The zero-order valence-corrected chi connectivity index (χ0v) is 16.4. The van der Waals surface area contributed by atoms with Crippen LogP contribution in [0, 0.1) is 3.57 Å². The molecule has 1 unspecified atom stereocenters. The second-order valence-electron chi connectivity index (χ2n) is 5.97. The van der Waals surface area contributed by atoms with Crippen LogP contribution in [-0.4, -0.2) is 25.4 Å². The number of hydrogen-bond acceptors (Lipinski definition) is 6. The Morgan fingerprint density at radius 1 is 1.42 bits per heavy atom. The number of nitrogens with zero attached hydrogens (tertiary/aromatic N) is 4. The molecule has 0 saturated carbocycles. The predicted molar refractivity (Wildman–Crippen MR) is 104 cm³/mol. The van der Waals surface area contributed by atoms with Crippen molar-refractivity contribution in [3.8, 4) is 0 Å². The highest BCUT2D eigenvalue weighted by molar-refractivity contribution is 14.1. The SMILES string of the molecule is NC(=O)Cn1c(Sc2cc3c(cc2I)CCC3F)nc2c(N)ncnc21. The zero-order chi connectivity index (χ0) is 18.4. The van der Waals surface area contributed by atoms with Gasteiger partial charge in [-0.15, -0.1) is 0 Å². The van der Waals surface area contributed by atoms with Gasteiger partial charge in [-0.05, 0) is 58.7 Å². The summed E-state index contributed by atoms with van der Waals surface area (Å²) >= 11 is 3.56. The maximum Gasteiger partial charge on any atom is 0.237 e. The summed E-state index contributed by atoms with van der Waals surface area (Å²) in [5, 5.41) is 0.511. The van der Waals surface area contributed by atoms with Crippen LogP contribution in [-0.2, 0) is 17.8 Å². The number of aryl methyl sites for hydroxylation is 1. The Bertz CT molecular complexity index is 1040. The lowest BCUT2D eigenvalue weighted by Gasteiger charge is -2.10. The Hall–Kier alpha value is -1.95. The molecule has 2 heterocycles. The average Bonchev–Trinajstić information content (AvgIpc) is 3.11. The highest BCUT2D eigenvalue weighted by Crippen LogP contribution is 2.41. The van der Waals surface area contributed by atoms with Crippen LogP contribution in [0.25, 0.3) is 11.2 Å². The molecule has 26 heavy (non-hydrogen) atoms. The molecule has 0 spiro atoms. The van der Waals surface area contributed by atoms with E-state index in [1.165, 1.54) is 18.1 Å². The van der Waals surface area contributed by atoms with Crippen molar-refractivity contribution in [1.82, 2.24) is 19.5 Å². The van der Waals surface area contributed by atoms with E-state index < -0.39 is 12.1 Å². The minimum absolute atomic E-state index is 0.0808. The van der Waals surface area contributed by atoms with Crippen LogP contribution in [0.2, 0.25) is 0 Å². The number of amides is 1. The molecule has 0 fully saturated rings. The number of carbonyl (C=O) groups excluding carboxylic acids is 1. The molecule has 1 amide bonds. The summed E-state index contributed by atoms with van der Waals surface area (Å²) in [6.07, 6.45) is 1.65. The summed E-state index contributed by atoms with van der Waals surface area (Å²) in [7, 11) is 0. The molecule has 2 aromatic heterocycles. The van der Waals surface area contributed by atoms with E-state index in [0.717, 1.165) is 26.0 Å². The molecule has 1 aromatic carbocycles. The fourth-order valence-electron chi connectivity index (χ4n) is 3.04. The van der Waals surface area contributed by atoms with E-state index in [1.54, 1.807) is 4.57 Å². The summed E-state index contributed by atoms with van der Waals surface area (Å²) in [5.74, 6) is -0.289. The molecular weight excluding hydrogens is 470 g/mol. The van der Waals surface area contributed by atoms with E-state index in [4.69, 9.17) is 11.5 Å². The number of carbonyl (C=O) groups is 1. The monoisotopic (exact) mass is 484 g/mol. The number of nitrogens with two attached hydrogens (primary N) is 2. The molecule has 0 radical (unpaired) electrons. The Morgan fingerprint density at radius 3 is 3.00 bits per heavy atom. The van der Waals surface area contributed by atoms with Crippen molar-refractivity contribution >= 4 is 57.2 Å². The van der Waals surface area contributed by atoms with E-state index >= 15 is 0 Å². The molecule has 0 bridgehead atoms. The van der Waals surface area contributed by atoms with Crippen molar-refractivity contribution in [3.05, 3.63) is 33.2 Å². The molecule has 0 aliphatic heterocycles. The van der Waals surface area contributed by atoms with Crippen LogP contribution >= 0.6 is 34.4 Å². The number of nitrogen functional groups attached to an aromatic ring is 1. The normalized spacial score (nSPS) is 16.2. The molecule has 10 heteroatoms. The maximum atomic E-state index is 14.1. The third-order valence-electron chi connectivity index (χ3n) is 4.24. The van der Waals surface area contributed by atoms with Gasteiger partial charge >= 0.3 is 0 Å². The predicted octanol–water partition coefficient (Wildman–Crippen LogP) is 2.61. The summed E-state index contributed by atoms with van der Waals surface area (Å²) < 4.78 is 16.7. The second kappa shape index (κ2) is 6.65. The van der Waals surface area contributed by atoms with E-state index in [0.29, 0.717) is 22.7 Å². The van der Waals surface area contributed by atoms with Gasteiger partial charge in [0.15, 0.2) is 22.1 Å². The van der Waals surface area contributed by atoms with Crippen molar-refractivity contribution < 1.29 is 9.18 Å². The second-order valence-corrected chi connectivity index (χ2v) is 8.14. The number of halogens is 2. The zero-order valence-electron chi connectivity index (χ0n) is 13.4. The molecule has 1 aliphatic carbocycles. The van der Waals surface area contributed by atoms with Gasteiger partial charge in [0.05, 0.1) is 0 Å². The summed E-state index contributed by atoms with van der Waals surface area (Å²) in [6.45, 7) is -0.0808. The summed E-state index contributed by atoms with van der Waals surface area (Å²) in [4.78, 5) is 25.0. The summed E-state index contributed by atoms with van der Waals surface area (Å²) in [6, 6.07) is 3.87. The third-order valence-corrected chi connectivity index (χ3v) is 6.55. The molecule has 7 nitrogen and oxygen atoms in total. The maximum absolute atomic E-state index is 14.1. The van der Waals surface area contributed by atoms with Gasteiger partial charge in [-0.25, -0.2) is 19.3 Å². The molecule has 4 rings (SSSR count). The molecule has 134 valence electrons. The number of primary amides is 1. The highest BCUT2D eigenvalue weighted by Gasteiger charge is 2.25. The minimum Gasteiger partial charge on any atom is -0.382 e. The van der Waals surface area contributed by atoms with Crippen LogP contribution in [0.4, 0.5) is 10.2 Å². The standard InChI is InChI=1S/C16H14FIN6OS/c17-9-2-1-7-3-10(18)11(4-8(7)9)26-16-23-13-14(20)21-6-22-15(13)24(16)5-12(19)25/h3-4,6,9H,1-2,5H2,(H2,19,25)(H2,20,21,22). The number of aromatic nitrogens is 4. The first-order valence-corrected chi connectivity index (χ1v) is 9.73. The lowest BCUT2D eigenvalue weighted by Crippen LogP contribution is -2.19. The number of imidazole rings is 1. The summed E-state index contributed by atoms with van der Waals surface area (Å²) in [5.41, 5.74) is 13.9. The fourth-order valence-corrected chi connectivity index (χ4v) is 4.84. The highest BCUT2D eigenvalue weighted by atomic mass is 127. The van der Waals surface area contributed by atoms with Gasteiger partial charge in [-0.1, -0.05) is 11.8 Å². The third kappa shape index (κ3) is 3.00. The van der Waals surface area contributed by atoms with Crippen LogP contribution in [0.5, 0.6) is 0 Å². The van der Waals surface area contributed by atoms with Gasteiger partial charge in [-0.3, -0.25) is 9.36 Å². The smallest absolute Gasteiger partial charge is 0.237 e. The molecular formula is C16H14FIN6OS.